The van der Waals surface area contributed by atoms with Crippen LogP contribution >= 0.6 is 0 Å². The van der Waals surface area contributed by atoms with Crippen molar-refractivity contribution >= 4 is 0 Å². The van der Waals surface area contributed by atoms with Gasteiger partial charge in [0, 0.05) is 18.5 Å². The molecule has 12 heavy (non-hydrogen) atoms. The number of hydrogen-bond donors (Lipinski definition) is 2. The van der Waals surface area contributed by atoms with Crippen molar-refractivity contribution in [3.05, 3.63) is 0 Å². The van der Waals surface area contributed by atoms with E-state index in [1.165, 1.54) is 0 Å². The van der Waals surface area contributed by atoms with Crippen LogP contribution in [0, 0.1) is 11.8 Å². The topological polar surface area (TPSA) is 49.5 Å². The molecule has 3 unspecified atom stereocenters. The quantitative estimate of drug-likeness (QED) is 0.611. The molecule has 0 aliphatic carbocycles. The molecular formula is C9H20N2O. The normalized spacial score (nSPS) is 38.0. The molecule has 72 valence electrons. The molecule has 0 aromatic rings. The van der Waals surface area contributed by atoms with Crippen LogP contribution < -0.4 is 5.73 Å². The van der Waals surface area contributed by atoms with Crippen molar-refractivity contribution in [2.45, 2.75) is 26.0 Å². The number of aliphatic hydroxyl groups excluding tert-OH is 1. The number of nitrogens with two attached hydrogens (primary N) is 1. The lowest BCUT2D eigenvalue weighted by molar-refractivity contribution is 0.0798. The third-order valence-corrected chi connectivity index (χ3v) is 2.85. The van der Waals surface area contributed by atoms with E-state index in [-0.39, 0.29) is 12.0 Å². The Labute approximate surface area is 74.5 Å². The third-order valence-electron chi connectivity index (χ3n) is 2.85. The van der Waals surface area contributed by atoms with E-state index in [4.69, 9.17) is 5.73 Å². The summed E-state index contributed by atoms with van der Waals surface area (Å²) in [7, 11) is 2.06. The first-order valence-corrected chi connectivity index (χ1v) is 4.66. The van der Waals surface area contributed by atoms with Gasteiger partial charge in [0.05, 0.1) is 6.10 Å². The smallest absolute Gasteiger partial charge is 0.0750 e. The van der Waals surface area contributed by atoms with Gasteiger partial charge in [0.15, 0.2) is 0 Å². The zero-order valence-corrected chi connectivity index (χ0v) is 8.20. The predicted molar refractivity (Wildman–Crippen MR) is 49.8 cm³/mol. The van der Waals surface area contributed by atoms with Gasteiger partial charge in [-0.3, -0.25) is 0 Å². The highest BCUT2D eigenvalue weighted by molar-refractivity contribution is 4.93. The Hall–Kier alpha value is -0.120. The maximum atomic E-state index is 9.87. The first-order valence-electron chi connectivity index (χ1n) is 4.66. The Morgan fingerprint density at radius 3 is 2.42 bits per heavy atom. The van der Waals surface area contributed by atoms with Crippen LogP contribution in [0.5, 0.6) is 0 Å². The van der Waals surface area contributed by atoms with Crippen molar-refractivity contribution in [3.63, 3.8) is 0 Å². The van der Waals surface area contributed by atoms with Crippen molar-refractivity contribution in [2.24, 2.45) is 17.6 Å². The first-order chi connectivity index (χ1) is 5.57. The Morgan fingerprint density at radius 1 is 1.58 bits per heavy atom. The summed E-state index contributed by atoms with van der Waals surface area (Å²) in [5.74, 6) is 0.768. The van der Waals surface area contributed by atoms with Crippen LogP contribution in [0.4, 0.5) is 0 Å². The lowest BCUT2D eigenvalue weighted by Crippen LogP contribution is -2.38. The van der Waals surface area contributed by atoms with Crippen molar-refractivity contribution in [2.75, 3.05) is 20.1 Å². The number of nitrogens with zero attached hydrogens (tertiary/aromatic N) is 1. The van der Waals surface area contributed by atoms with Crippen molar-refractivity contribution < 1.29 is 5.11 Å². The van der Waals surface area contributed by atoms with Crippen LogP contribution in [0.3, 0.4) is 0 Å². The highest BCUT2D eigenvalue weighted by Crippen LogP contribution is 2.26. The SMILES string of the molecule is CC(C)C1C(O)C(CN)CN1C. The van der Waals surface area contributed by atoms with Gasteiger partial charge < -0.3 is 15.7 Å². The van der Waals surface area contributed by atoms with E-state index in [9.17, 15) is 5.11 Å². The molecule has 3 nitrogen and oxygen atoms in total. The number of hydrogen-bond acceptors (Lipinski definition) is 3. The van der Waals surface area contributed by atoms with Crippen LogP contribution in [-0.2, 0) is 0 Å². The number of likely N-dealkylation sites (tertiary alicyclic amines) is 1. The van der Waals surface area contributed by atoms with Gasteiger partial charge in [0.1, 0.15) is 0 Å². The van der Waals surface area contributed by atoms with E-state index < -0.39 is 0 Å². The lowest BCUT2D eigenvalue weighted by atomic mass is 9.94. The molecule has 3 N–H and O–H groups in total. The Bertz CT molecular complexity index is 149. The lowest BCUT2D eigenvalue weighted by Gasteiger charge is -2.25. The maximum Gasteiger partial charge on any atom is 0.0750 e. The molecule has 0 saturated carbocycles. The minimum absolute atomic E-state index is 0.236. The summed E-state index contributed by atoms with van der Waals surface area (Å²) in [6.45, 7) is 5.81. The molecule has 0 spiro atoms. The van der Waals surface area contributed by atoms with Gasteiger partial charge in [-0.25, -0.2) is 0 Å². The van der Waals surface area contributed by atoms with Gasteiger partial charge >= 0.3 is 0 Å². The van der Waals surface area contributed by atoms with E-state index in [1.54, 1.807) is 0 Å². The second-order valence-electron chi connectivity index (χ2n) is 4.16. The number of rotatable bonds is 2. The van der Waals surface area contributed by atoms with E-state index in [1.807, 2.05) is 0 Å². The van der Waals surface area contributed by atoms with Gasteiger partial charge in [-0.05, 0) is 19.5 Å². The zero-order valence-electron chi connectivity index (χ0n) is 8.20. The Morgan fingerprint density at radius 2 is 2.17 bits per heavy atom. The van der Waals surface area contributed by atoms with Gasteiger partial charge in [-0.15, -0.1) is 0 Å². The van der Waals surface area contributed by atoms with E-state index in [0.717, 1.165) is 6.54 Å². The molecular weight excluding hydrogens is 152 g/mol. The molecule has 1 aliphatic rings. The molecule has 0 aromatic carbocycles. The molecule has 0 amide bonds. The molecule has 0 aromatic heterocycles. The second-order valence-corrected chi connectivity index (χ2v) is 4.16. The van der Waals surface area contributed by atoms with Gasteiger partial charge in [-0.2, -0.15) is 0 Å². The maximum absolute atomic E-state index is 9.87. The summed E-state index contributed by atoms with van der Waals surface area (Å²) in [4.78, 5) is 2.22. The van der Waals surface area contributed by atoms with E-state index >= 15 is 0 Å². The molecule has 1 fully saturated rings. The molecule has 3 atom stereocenters. The standard InChI is InChI=1S/C9H20N2O/c1-6(2)8-9(12)7(4-10)5-11(8)3/h6-9,12H,4-5,10H2,1-3H3. The van der Waals surface area contributed by atoms with Crippen molar-refractivity contribution in [3.8, 4) is 0 Å². The summed E-state index contributed by atoms with van der Waals surface area (Å²) in [6.07, 6.45) is -0.236. The molecule has 0 bridgehead atoms. The summed E-state index contributed by atoms with van der Waals surface area (Å²) < 4.78 is 0. The third kappa shape index (κ3) is 1.63. The molecule has 1 aliphatic heterocycles. The van der Waals surface area contributed by atoms with Crippen LogP contribution in [0.25, 0.3) is 0 Å². The summed E-state index contributed by atoms with van der Waals surface area (Å²) >= 11 is 0. The fourth-order valence-corrected chi connectivity index (χ4v) is 2.26. The average Bonchev–Trinajstić information content (AvgIpc) is 2.25. The minimum Gasteiger partial charge on any atom is -0.391 e. The fourth-order valence-electron chi connectivity index (χ4n) is 2.26. The molecule has 1 saturated heterocycles. The first kappa shape index (κ1) is 9.96. The van der Waals surface area contributed by atoms with Gasteiger partial charge in [0.2, 0.25) is 0 Å². The Kier molecular flexibility index (Phi) is 3.09. The molecule has 1 heterocycles. The van der Waals surface area contributed by atoms with Crippen molar-refractivity contribution in [1.29, 1.82) is 0 Å². The average molecular weight is 172 g/mol. The summed E-state index contributed by atoms with van der Waals surface area (Å²) in [5, 5.41) is 9.87. The van der Waals surface area contributed by atoms with Crippen LogP contribution in [0.2, 0.25) is 0 Å². The molecule has 0 radical (unpaired) electrons. The van der Waals surface area contributed by atoms with E-state index in [0.29, 0.717) is 18.5 Å². The predicted octanol–water partition coefficient (Wildman–Crippen LogP) is -0.108. The number of aliphatic hydroxyl groups is 1. The summed E-state index contributed by atoms with van der Waals surface area (Å²) in [5.41, 5.74) is 5.56. The van der Waals surface area contributed by atoms with Crippen molar-refractivity contribution in [1.82, 2.24) is 4.90 Å². The van der Waals surface area contributed by atoms with Gasteiger partial charge in [0.25, 0.3) is 0 Å². The Balaban J connectivity index is 2.63. The highest BCUT2D eigenvalue weighted by atomic mass is 16.3. The minimum atomic E-state index is -0.236. The molecule has 3 heteroatoms. The second kappa shape index (κ2) is 3.73. The zero-order chi connectivity index (χ0) is 9.30. The van der Waals surface area contributed by atoms with Gasteiger partial charge in [-0.1, -0.05) is 13.8 Å². The molecule has 1 rings (SSSR count). The highest BCUT2D eigenvalue weighted by Gasteiger charge is 2.39. The summed E-state index contributed by atoms with van der Waals surface area (Å²) in [6, 6.07) is 0.290. The largest absolute Gasteiger partial charge is 0.391 e. The van der Waals surface area contributed by atoms with E-state index in [2.05, 4.69) is 25.8 Å². The fraction of sp³-hybridized carbons (Fsp3) is 1.00. The number of likely N-dealkylation sites (N-methyl/N-ethyl adjacent to an activating group) is 1. The monoisotopic (exact) mass is 172 g/mol. The van der Waals surface area contributed by atoms with Crippen LogP contribution in [-0.4, -0.2) is 42.3 Å². The van der Waals surface area contributed by atoms with Crippen LogP contribution in [0.1, 0.15) is 13.8 Å². The van der Waals surface area contributed by atoms with Crippen LogP contribution in [0.15, 0.2) is 0 Å².